The highest BCUT2D eigenvalue weighted by Gasteiger charge is 2.52. The van der Waals surface area contributed by atoms with Crippen molar-refractivity contribution in [3.8, 4) is 5.75 Å². The summed E-state index contributed by atoms with van der Waals surface area (Å²) in [6.45, 7) is 3.55. The summed E-state index contributed by atoms with van der Waals surface area (Å²) in [5.74, 6) is -1.54. The lowest BCUT2D eigenvalue weighted by atomic mass is 10.2. The summed E-state index contributed by atoms with van der Waals surface area (Å²) in [7, 11) is -2.38. The summed E-state index contributed by atoms with van der Waals surface area (Å²) in [6.07, 6.45) is 0. The number of methoxy groups -OCH3 is 1. The van der Waals surface area contributed by atoms with Crippen LogP contribution in [-0.4, -0.2) is 40.6 Å². The van der Waals surface area contributed by atoms with E-state index in [1.807, 2.05) is 0 Å². The number of carbonyl (C=O) groups excluding carboxylic acids is 3. The Balaban J connectivity index is 3.02. The van der Waals surface area contributed by atoms with Gasteiger partial charge in [-0.1, -0.05) is 12.1 Å². The number of benzene rings is 1. The highest BCUT2D eigenvalue weighted by atomic mass is 28.4. The monoisotopic (exact) mass is 356 g/mol. The lowest BCUT2D eigenvalue weighted by molar-refractivity contribution is -0.147. The maximum atomic E-state index is 11.4. The summed E-state index contributed by atoms with van der Waals surface area (Å²) >= 11 is 0. The molecule has 0 unspecified atom stereocenters. The lowest BCUT2D eigenvalue weighted by Crippen LogP contribution is -2.51. The van der Waals surface area contributed by atoms with E-state index >= 15 is 0 Å². The molecular weight excluding hydrogens is 336 g/mol. The maximum absolute atomic E-state index is 11.4. The maximum Gasteiger partial charge on any atom is 0.709 e. The van der Waals surface area contributed by atoms with Crippen molar-refractivity contribution in [3.05, 3.63) is 29.8 Å². The quantitative estimate of drug-likeness (QED) is 0.509. The molecule has 0 atom stereocenters. The van der Waals surface area contributed by atoms with Crippen LogP contribution >= 0.6 is 0 Å². The molecule has 0 N–H and O–H groups in total. The third-order valence-corrected chi connectivity index (χ3v) is 5.22. The van der Waals surface area contributed by atoms with E-state index in [9.17, 15) is 14.4 Å². The molecule has 0 aliphatic carbocycles. The van der Waals surface area contributed by atoms with Crippen LogP contribution in [0, 0.1) is 0 Å². The van der Waals surface area contributed by atoms with Crippen molar-refractivity contribution in [2.24, 2.45) is 0 Å². The first-order valence-corrected chi connectivity index (χ1v) is 8.99. The van der Waals surface area contributed by atoms with Gasteiger partial charge in [-0.05, 0) is 17.7 Å². The molecule has 0 aliphatic heterocycles. The molecule has 0 spiro atoms. The molecule has 8 nitrogen and oxygen atoms in total. The van der Waals surface area contributed by atoms with Gasteiger partial charge in [0.05, 0.1) is 6.04 Å². The van der Waals surface area contributed by atoms with E-state index < -0.39 is 26.7 Å². The van der Waals surface area contributed by atoms with Crippen molar-refractivity contribution in [1.29, 1.82) is 0 Å². The fourth-order valence-corrected chi connectivity index (χ4v) is 4.30. The Morgan fingerprint density at radius 2 is 1.33 bits per heavy atom. The van der Waals surface area contributed by atoms with E-state index in [0.717, 1.165) is 20.8 Å². The van der Waals surface area contributed by atoms with Crippen molar-refractivity contribution in [1.82, 2.24) is 0 Å². The number of ether oxygens (including phenoxy) is 2. The molecule has 0 aromatic heterocycles. The van der Waals surface area contributed by atoms with Crippen LogP contribution in [0.2, 0.25) is 0 Å². The van der Waals surface area contributed by atoms with Gasteiger partial charge in [-0.3, -0.25) is 14.4 Å². The number of rotatable bonds is 8. The first kappa shape index (κ1) is 19.7. The SMILES string of the molecule is COCOc1ccc(C[Si](OC(C)=O)(OC(C)=O)OC(C)=O)cc1. The first-order valence-electron chi connectivity index (χ1n) is 7.06. The van der Waals surface area contributed by atoms with E-state index in [1.165, 1.54) is 7.11 Å². The summed E-state index contributed by atoms with van der Waals surface area (Å²) in [5, 5.41) is 0. The van der Waals surface area contributed by atoms with Crippen LogP contribution in [0.1, 0.15) is 26.3 Å². The van der Waals surface area contributed by atoms with E-state index in [-0.39, 0.29) is 12.8 Å². The van der Waals surface area contributed by atoms with Gasteiger partial charge in [-0.25, -0.2) is 0 Å². The van der Waals surface area contributed by atoms with Crippen LogP contribution in [0.3, 0.4) is 0 Å². The van der Waals surface area contributed by atoms with Crippen LogP contribution in [0.25, 0.3) is 0 Å². The van der Waals surface area contributed by atoms with Crippen molar-refractivity contribution >= 4 is 26.7 Å². The van der Waals surface area contributed by atoms with Crippen LogP contribution in [0.15, 0.2) is 24.3 Å². The van der Waals surface area contributed by atoms with Crippen molar-refractivity contribution in [3.63, 3.8) is 0 Å². The third kappa shape index (κ3) is 6.80. The molecule has 1 aromatic rings. The fraction of sp³-hybridized carbons (Fsp3) is 0.400. The van der Waals surface area contributed by atoms with Gasteiger partial charge in [0.25, 0.3) is 17.9 Å². The summed E-state index contributed by atoms with van der Waals surface area (Å²) in [6, 6.07) is 6.67. The first-order chi connectivity index (χ1) is 11.3. The topological polar surface area (TPSA) is 97.4 Å². The second-order valence-electron chi connectivity index (χ2n) is 4.84. The van der Waals surface area contributed by atoms with Gasteiger partial charge in [-0.15, -0.1) is 0 Å². The van der Waals surface area contributed by atoms with Crippen molar-refractivity contribution in [2.45, 2.75) is 26.8 Å². The zero-order valence-electron chi connectivity index (χ0n) is 14.0. The highest BCUT2D eigenvalue weighted by molar-refractivity contribution is 6.65. The number of hydrogen-bond donors (Lipinski definition) is 0. The molecule has 0 heterocycles. The van der Waals surface area contributed by atoms with E-state index in [2.05, 4.69) is 0 Å². The zero-order chi connectivity index (χ0) is 18.2. The third-order valence-electron chi connectivity index (χ3n) is 2.59. The average molecular weight is 356 g/mol. The van der Waals surface area contributed by atoms with E-state index in [1.54, 1.807) is 24.3 Å². The molecule has 9 heteroatoms. The largest absolute Gasteiger partial charge is 0.709 e. The molecule has 0 amide bonds. The molecule has 0 radical (unpaired) electrons. The lowest BCUT2D eigenvalue weighted by Gasteiger charge is -2.26. The average Bonchev–Trinajstić information content (AvgIpc) is 2.44. The minimum Gasteiger partial charge on any atom is -0.468 e. The van der Waals surface area contributed by atoms with Gasteiger partial charge >= 0.3 is 8.80 Å². The Morgan fingerprint density at radius 3 is 1.71 bits per heavy atom. The van der Waals surface area contributed by atoms with Gasteiger partial charge in [-0.2, -0.15) is 0 Å². The standard InChI is InChI=1S/C15H20O8Si/c1-11(16)21-24(22-12(2)17,23-13(3)18)9-14-5-7-15(8-6-14)20-10-19-4/h5-8H,9-10H2,1-4H3. The van der Waals surface area contributed by atoms with E-state index in [0.29, 0.717) is 11.3 Å². The second-order valence-corrected chi connectivity index (χ2v) is 7.17. The Labute approximate surface area is 141 Å². The predicted molar refractivity (Wildman–Crippen MR) is 83.7 cm³/mol. The molecule has 1 rings (SSSR count). The molecule has 0 bridgehead atoms. The molecule has 0 aliphatic rings. The molecule has 132 valence electrons. The van der Waals surface area contributed by atoms with Crippen molar-refractivity contribution in [2.75, 3.05) is 13.9 Å². The second kappa shape index (κ2) is 9.04. The Bertz CT molecular complexity index is 543. The van der Waals surface area contributed by atoms with Crippen LogP contribution in [0.5, 0.6) is 5.75 Å². The van der Waals surface area contributed by atoms with Gasteiger partial charge in [0, 0.05) is 27.9 Å². The summed E-state index contributed by atoms with van der Waals surface area (Å²) in [5.41, 5.74) is 0.648. The molecule has 0 fully saturated rings. The van der Waals surface area contributed by atoms with Crippen LogP contribution < -0.4 is 4.74 Å². The Morgan fingerprint density at radius 1 is 0.875 bits per heavy atom. The van der Waals surface area contributed by atoms with Gasteiger partial charge in [0.2, 0.25) is 0 Å². The van der Waals surface area contributed by atoms with Gasteiger partial charge in [0.1, 0.15) is 5.75 Å². The highest BCUT2D eigenvalue weighted by Crippen LogP contribution is 2.20. The predicted octanol–water partition coefficient (Wildman–Crippen LogP) is 1.38. The summed E-state index contributed by atoms with van der Waals surface area (Å²) < 4.78 is 25.4. The Hall–Kier alpha value is -2.39. The molecule has 0 saturated heterocycles. The number of carbonyl (C=O) groups is 3. The van der Waals surface area contributed by atoms with Gasteiger partial charge in [0.15, 0.2) is 6.79 Å². The Kier molecular flexibility index (Phi) is 7.40. The molecule has 0 saturated carbocycles. The minimum absolute atomic E-state index is 0.0315. The minimum atomic E-state index is -3.88. The van der Waals surface area contributed by atoms with Crippen LogP contribution in [0.4, 0.5) is 0 Å². The number of hydrogen-bond acceptors (Lipinski definition) is 8. The van der Waals surface area contributed by atoms with Crippen molar-refractivity contribution < 1.29 is 37.1 Å². The molecule has 24 heavy (non-hydrogen) atoms. The molecular formula is C15H20O8Si. The van der Waals surface area contributed by atoms with Gasteiger partial charge < -0.3 is 22.8 Å². The van der Waals surface area contributed by atoms with Crippen LogP contribution in [-0.2, 0) is 38.4 Å². The zero-order valence-corrected chi connectivity index (χ0v) is 15.0. The normalized spacial score (nSPS) is 10.7. The molecule has 1 aromatic carbocycles. The fourth-order valence-electron chi connectivity index (χ4n) is 1.91. The summed E-state index contributed by atoms with van der Waals surface area (Å²) in [4.78, 5) is 34.1. The smallest absolute Gasteiger partial charge is 0.468 e. The van der Waals surface area contributed by atoms with E-state index in [4.69, 9.17) is 22.8 Å².